The molecule has 2 amide bonds. The zero-order chi connectivity index (χ0) is 23.8. The number of ether oxygens (including phenoxy) is 2. The van der Waals surface area contributed by atoms with Crippen LogP contribution >= 0.6 is 0 Å². The van der Waals surface area contributed by atoms with Gasteiger partial charge in [0.05, 0.1) is 12.7 Å². The summed E-state index contributed by atoms with van der Waals surface area (Å²) in [5, 5.41) is 2.66. The number of pyridine rings is 2. The predicted octanol–water partition coefficient (Wildman–Crippen LogP) is 3.14. The van der Waals surface area contributed by atoms with Crippen LogP contribution in [0.15, 0.2) is 30.6 Å². The fraction of sp³-hybridized carbons (Fsp3) is 0.429. The van der Waals surface area contributed by atoms with E-state index in [4.69, 9.17) is 15.2 Å². The Hall–Kier alpha value is -3.21. The van der Waals surface area contributed by atoms with Gasteiger partial charge in [-0.3, -0.25) is 19.6 Å². The van der Waals surface area contributed by atoms with Gasteiger partial charge in [-0.25, -0.2) is 0 Å². The van der Waals surface area contributed by atoms with E-state index in [1.165, 1.54) is 25.4 Å². The van der Waals surface area contributed by atoms with Crippen molar-refractivity contribution >= 4 is 17.5 Å². The molecule has 3 rings (SSSR count). The fourth-order valence-electron chi connectivity index (χ4n) is 3.74. The summed E-state index contributed by atoms with van der Waals surface area (Å²) < 4.78 is 50.5. The first-order valence-corrected chi connectivity index (χ1v) is 9.71. The van der Waals surface area contributed by atoms with Gasteiger partial charge in [0.15, 0.2) is 0 Å². The van der Waals surface area contributed by atoms with Crippen LogP contribution in [0.2, 0.25) is 0 Å². The van der Waals surface area contributed by atoms with Gasteiger partial charge in [-0.2, -0.15) is 13.2 Å². The second-order valence-electron chi connectivity index (χ2n) is 8.05. The minimum Gasteiger partial charge on any atom is -0.496 e. The Bertz CT molecular complexity index is 1040. The van der Waals surface area contributed by atoms with E-state index in [0.717, 1.165) is 12.3 Å². The summed E-state index contributed by atoms with van der Waals surface area (Å²) >= 11 is 0. The Kier molecular flexibility index (Phi) is 6.14. The number of carbonyl (C=O) groups is 2. The van der Waals surface area contributed by atoms with E-state index in [-0.39, 0.29) is 23.0 Å². The summed E-state index contributed by atoms with van der Waals surface area (Å²) in [6, 6.07) is 3.60. The highest BCUT2D eigenvalue weighted by Gasteiger charge is 2.51. The highest BCUT2D eigenvalue weighted by molar-refractivity contribution is 5.97. The standard InChI is InChI=1S/C21H23F3N4O4/c1-10-16(12-9-27-15(21(22,23)24)8-14(12)31-4)17(32-20(10,2)3)19(30)28-11-5-6-26-13(7-11)18(25)29/h5-10,16-17H,1-4H3,(H2,25,29)(H,26,28,30)/t10-,16-,17+/m0/s1. The molecule has 3 atom stereocenters. The highest BCUT2D eigenvalue weighted by Crippen LogP contribution is 2.49. The van der Waals surface area contributed by atoms with Gasteiger partial charge in [0.2, 0.25) is 0 Å². The number of nitrogens with zero attached hydrogens (tertiary/aromatic N) is 2. The number of hydrogen-bond donors (Lipinski definition) is 2. The van der Waals surface area contributed by atoms with Gasteiger partial charge in [0.25, 0.3) is 11.8 Å². The number of aromatic nitrogens is 2. The third-order valence-electron chi connectivity index (χ3n) is 5.69. The molecule has 8 nitrogen and oxygen atoms in total. The minimum absolute atomic E-state index is 0.0333. The zero-order valence-corrected chi connectivity index (χ0v) is 17.9. The minimum atomic E-state index is -4.64. The van der Waals surface area contributed by atoms with E-state index < -0.39 is 41.3 Å². The van der Waals surface area contributed by atoms with Gasteiger partial charge < -0.3 is 20.5 Å². The summed E-state index contributed by atoms with van der Waals surface area (Å²) in [4.78, 5) is 31.8. The maximum Gasteiger partial charge on any atom is 0.433 e. The van der Waals surface area contributed by atoms with Crippen LogP contribution in [0.4, 0.5) is 18.9 Å². The van der Waals surface area contributed by atoms with Gasteiger partial charge in [-0.05, 0) is 31.9 Å². The number of alkyl halides is 3. The van der Waals surface area contributed by atoms with E-state index >= 15 is 0 Å². The second-order valence-corrected chi connectivity index (χ2v) is 8.05. The molecule has 1 aliphatic rings. The van der Waals surface area contributed by atoms with Gasteiger partial charge >= 0.3 is 6.18 Å². The number of methoxy groups -OCH3 is 1. The average molecular weight is 452 g/mol. The molecule has 3 heterocycles. The molecule has 2 aromatic heterocycles. The molecule has 11 heteroatoms. The number of carbonyl (C=O) groups excluding carboxylic acids is 2. The lowest BCUT2D eigenvalue weighted by Crippen LogP contribution is -2.33. The van der Waals surface area contributed by atoms with E-state index in [1.54, 1.807) is 13.8 Å². The van der Waals surface area contributed by atoms with Crippen LogP contribution in [0.3, 0.4) is 0 Å². The molecule has 172 valence electrons. The molecule has 32 heavy (non-hydrogen) atoms. The van der Waals surface area contributed by atoms with Crippen molar-refractivity contribution in [1.29, 1.82) is 0 Å². The van der Waals surface area contributed by atoms with Gasteiger partial charge in [0, 0.05) is 35.6 Å². The number of anilines is 1. The quantitative estimate of drug-likeness (QED) is 0.720. The Balaban J connectivity index is 1.98. The Morgan fingerprint density at radius 1 is 1.25 bits per heavy atom. The highest BCUT2D eigenvalue weighted by atomic mass is 19.4. The lowest BCUT2D eigenvalue weighted by Gasteiger charge is -2.25. The Morgan fingerprint density at radius 3 is 2.53 bits per heavy atom. The molecule has 2 aromatic rings. The molecule has 0 bridgehead atoms. The number of amides is 2. The maximum atomic E-state index is 13.1. The van der Waals surface area contributed by atoms with E-state index in [9.17, 15) is 22.8 Å². The monoisotopic (exact) mass is 452 g/mol. The van der Waals surface area contributed by atoms with Crippen LogP contribution in [-0.4, -0.2) is 40.6 Å². The number of primary amides is 1. The third-order valence-corrected chi connectivity index (χ3v) is 5.69. The maximum absolute atomic E-state index is 13.1. The topological polar surface area (TPSA) is 116 Å². The molecule has 1 fully saturated rings. The first-order chi connectivity index (χ1) is 14.8. The lowest BCUT2D eigenvalue weighted by atomic mass is 9.78. The molecule has 0 radical (unpaired) electrons. The number of rotatable bonds is 5. The van der Waals surface area contributed by atoms with Crippen LogP contribution in [0.5, 0.6) is 5.75 Å². The van der Waals surface area contributed by atoms with Crippen LogP contribution in [-0.2, 0) is 15.7 Å². The average Bonchev–Trinajstić information content (AvgIpc) is 2.96. The number of hydrogen-bond acceptors (Lipinski definition) is 6. The first-order valence-electron chi connectivity index (χ1n) is 9.71. The number of nitrogens with one attached hydrogen (secondary N) is 1. The molecule has 0 unspecified atom stereocenters. The molecule has 1 saturated heterocycles. The first kappa shape index (κ1) is 23.5. The number of halogens is 3. The van der Waals surface area contributed by atoms with Crippen molar-refractivity contribution < 1.29 is 32.2 Å². The molecule has 3 N–H and O–H groups in total. The Morgan fingerprint density at radius 2 is 1.94 bits per heavy atom. The van der Waals surface area contributed by atoms with Crippen LogP contribution in [0, 0.1) is 5.92 Å². The largest absolute Gasteiger partial charge is 0.496 e. The van der Waals surface area contributed by atoms with E-state index in [0.29, 0.717) is 5.56 Å². The smallest absolute Gasteiger partial charge is 0.433 e. The number of nitrogens with two attached hydrogens (primary N) is 1. The SMILES string of the molecule is COc1cc(C(F)(F)F)ncc1[C@H]1[C@H](C(=O)Nc2ccnc(C(N)=O)c2)OC(C)(C)[C@H]1C. The van der Waals surface area contributed by atoms with Crippen molar-refractivity contribution in [2.75, 3.05) is 12.4 Å². The van der Waals surface area contributed by atoms with Crippen LogP contribution in [0.25, 0.3) is 0 Å². The summed E-state index contributed by atoms with van der Waals surface area (Å²) in [6.07, 6.45) is -3.31. The molecule has 0 saturated carbocycles. The van der Waals surface area contributed by atoms with Gasteiger partial charge in [0.1, 0.15) is 23.2 Å². The van der Waals surface area contributed by atoms with Crippen molar-refractivity contribution in [3.8, 4) is 5.75 Å². The van der Waals surface area contributed by atoms with Crippen molar-refractivity contribution in [3.05, 3.63) is 47.5 Å². The second kappa shape index (κ2) is 8.38. The molecule has 0 spiro atoms. The van der Waals surface area contributed by atoms with Crippen LogP contribution in [0.1, 0.15) is 48.4 Å². The molecule has 1 aliphatic heterocycles. The normalized spacial score (nSPS) is 22.4. The summed E-state index contributed by atoms with van der Waals surface area (Å²) in [7, 11) is 1.25. The molecule has 0 aliphatic carbocycles. The van der Waals surface area contributed by atoms with Gasteiger partial charge in [-0.15, -0.1) is 0 Å². The summed E-state index contributed by atoms with van der Waals surface area (Å²) in [5.74, 6) is -2.26. The third kappa shape index (κ3) is 4.52. The lowest BCUT2D eigenvalue weighted by molar-refractivity contribution is -0.141. The fourth-order valence-corrected chi connectivity index (χ4v) is 3.74. The van der Waals surface area contributed by atoms with Crippen molar-refractivity contribution in [3.63, 3.8) is 0 Å². The predicted molar refractivity (Wildman–Crippen MR) is 108 cm³/mol. The zero-order valence-electron chi connectivity index (χ0n) is 17.9. The van der Waals surface area contributed by atoms with Crippen LogP contribution < -0.4 is 15.8 Å². The van der Waals surface area contributed by atoms with Crippen molar-refractivity contribution in [2.45, 2.75) is 44.6 Å². The van der Waals surface area contributed by atoms with E-state index in [2.05, 4.69) is 15.3 Å². The van der Waals surface area contributed by atoms with Crippen molar-refractivity contribution in [2.24, 2.45) is 11.7 Å². The van der Waals surface area contributed by atoms with E-state index in [1.807, 2.05) is 6.92 Å². The summed E-state index contributed by atoms with van der Waals surface area (Å²) in [5.41, 5.74) is 3.92. The molecular formula is C21H23F3N4O4. The summed E-state index contributed by atoms with van der Waals surface area (Å²) in [6.45, 7) is 5.42. The van der Waals surface area contributed by atoms with Gasteiger partial charge in [-0.1, -0.05) is 6.92 Å². The molecule has 0 aromatic carbocycles. The molecular weight excluding hydrogens is 429 g/mol. The van der Waals surface area contributed by atoms with Crippen molar-refractivity contribution in [1.82, 2.24) is 9.97 Å². The Labute approximate surface area is 182 Å².